The Balaban J connectivity index is 0.000000416. The molecule has 0 saturated heterocycles. The lowest BCUT2D eigenvalue weighted by molar-refractivity contribution is -0.597. The van der Waals surface area contributed by atoms with Crippen molar-refractivity contribution in [3.63, 3.8) is 0 Å². The van der Waals surface area contributed by atoms with Gasteiger partial charge in [0, 0.05) is 11.0 Å². The second-order valence-electron chi connectivity index (χ2n) is 13.4. The number of carbonyl (C=O) groups is 2. The van der Waals surface area contributed by atoms with Crippen LogP contribution in [0, 0.1) is 30.6 Å². The minimum Gasteiger partial charge on any atom is -0.493 e. The number of azo groups is 1. The molecule has 2 atom stereocenters. The highest BCUT2D eigenvalue weighted by atomic mass is 32.2. The lowest BCUT2D eigenvalue weighted by Gasteiger charge is -2.29. The monoisotopic (exact) mass is 789 g/mol. The van der Waals surface area contributed by atoms with E-state index in [0.29, 0.717) is 23.9 Å². The average Bonchev–Trinajstić information content (AvgIpc) is 3.11. The van der Waals surface area contributed by atoms with Crippen molar-refractivity contribution in [2.45, 2.75) is 77.4 Å². The Bertz CT molecular complexity index is 1880. The summed E-state index contributed by atoms with van der Waals surface area (Å²) in [4.78, 5) is 37.8. The molecule has 17 nitrogen and oxygen atoms in total. The third kappa shape index (κ3) is 14.8. The fraction of sp³-hybridized carbons (Fsp3) is 0.459. The standard InChI is InChI=1S/C19H14N4O9S.C18H34O4/c1-9-14(22-21-13-5-4-11(33-32-31-30)7-12(13)19(28)29)16(24)20-17(25)15(9)23-6-2-3-10(8-23)18(26)27;1-15(2)13-17(5,21-11-9-19)7-8-18(6,14-16(3)4)22-12-10-20/h2-8H,1H3,(H4-,20,24,25,26,27,28,29,30);15-16,19-20H,9-14H2,1-6H3/p+1. The summed E-state index contributed by atoms with van der Waals surface area (Å²) in [6.07, 6.45) is 4.24. The number of benzene rings is 1. The van der Waals surface area contributed by atoms with Gasteiger partial charge in [0.25, 0.3) is 5.69 Å². The largest absolute Gasteiger partial charge is 0.493 e. The summed E-state index contributed by atoms with van der Waals surface area (Å²) in [5.74, 6) is 4.19. The molecular formula is C37H49N4O13S+. The first-order valence-corrected chi connectivity index (χ1v) is 17.8. The first kappa shape index (κ1) is 46.4. The number of nitrogens with zero attached hydrogens (tertiary/aromatic N) is 3. The van der Waals surface area contributed by atoms with Gasteiger partial charge in [-0.3, -0.25) is 9.78 Å². The molecule has 0 spiro atoms. The number of carboxylic acid groups (broad SMARTS) is 2. The molecule has 3 rings (SSSR count). The molecule has 0 radical (unpaired) electrons. The third-order valence-electron chi connectivity index (χ3n) is 7.52. The molecule has 2 aromatic heterocycles. The number of H-pyrrole nitrogens is 1. The van der Waals surface area contributed by atoms with Crippen molar-refractivity contribution in [2.75, 3.05) is 26.4 Å². The van der Waals surface area contributed by atoms with E-state index in [9.17, 15) is 29.7 Å². The van der Waals surface area contributed by atoms with Crippen molar-refractivity contribution in [2.24, 2.45) is 22.1 Å². The van der Waals surface area contributed by atoms with Crippen LogP contribution in [0.5, 0.6) is 5.88 Å². The Hall–Kier alpha value is -4.71. The van der Waals surface area contributed by atoms with Gasteiger partial charge < -0.3 is 35.0 Å². The average molecular weight is 790 g/mol. The summed E-state index contributed by atoms with van der Waals surface area (Å²) < 4.78 is 17.1. The molecule has 2 unspecified atom stereocenters. The molecular weight excluding hydrogens is 740 g/mol. The van der Waals surface area contributed by atoms with Crippen LogP contribution in [-0.4, -0.2) is 85.3 Å². The van der Waals surface area contributed by atoms with Crippen LogP contribution in [0.3, 0.4) is 0 Å². The minimum absolute atomic E-state index is 0.0142. The molecule has 0 aliphatic carbocycles. The van der Waals surface area contributed by atoms with Gasteiger partial charge in [-0.2, -0.15) is 4.57 Å². The third-order valence-corrected chi connectivity index (χ3v) is 8.09. The van der Waals surface area contributed by atoms with Crippen LogP contribution in [0.25, 0.3) is 5.69 Å². The van der Waals surface area contributed by atoms with Crippen LogP contribution in [0.4, 0.5) is 11.4 Å². The van der Waals surface area contributed by atoms with Crippen molar-refractivity contribution in [3.05, 3.63) is 69.8 Å². The van der Waals surface area contributed by atoms with E-state index in [0.717, 1.165) is 12.8 Å². The number of rotatable bonds is 18. The van der Waals surface area contributed by atoms with Gasteiger partial charge in [-0.15, -0.1) is 14.6 Å². The van der Waals surface area contributed by atoms with Crippen molar-refractivity contribution >= 4 is 35.4 Å². The van der Waals surface area contributed by atoms with Gasteiger partial charge in [-0.1, -0.05) is 44.6 Å². The molecule has 2 heterocycles. The summed E-state index contributed by atoms with van der Waals surface area (Å²) >= 11 is 0.552. The molecule has 0 aliphatic heterocycles. The van der Waals surface area contributed by atoms with Crippen molar-refractivity contribution in [1.29, 1.82) is 0 Å². The Morgan fingerprint density at radius 2 is 1.53 bits per heavy atom. The van der Waals surface area contributed by atoms with Gasteiger partial charge >= 0.3 is 17.5 Å². The summed E-state index contributed by atoms with van der Waals surface area (Å²) in [7, 11) is 0. The second kappa shape index (κ2) is 22.0. The number of aromatic amines is 1. The lowest BCUT2D eigenvalue weighted by Crippen LogP contribution is -2.38. The van der Waals surface area contributed by atoms with Crippen molar-refractivity contribution < 1.29 is 63.8 Å². The number of aliphatic hydroxyl groups excluding tert-OH is 2. The number of carboxylic acids is 2. The normalized spacial score (nSPS) is 13.5. The van der Waals surface area contributed by atoms with E-state index >= 15 is 0 Å². The highest BCUT2D eigenvalue weighted by molar-refractivity contribution is 7.94. The topological polar surface area (TPSA) is 254 Å². The molecule has 0 aliphatic rings. The summed E-state index contributed by atoms with van der Waals surface area (Å²) in [6.45, 7) is 14.4. The number of aromatic carboxylic acids is 2. The zero-order valence-corrected chi connectivity index (χ0v) is 32.5. The fourth-order valence-corrected chi connectivity index (χ4v) is 5.90. The van der Waals surface area contributed by atoms with E-state index in [2.05, 4.69) is 64.1 Å². The Kier molecular flexibility index (Phi) is 18.6. The van der Waals surface area contributed by atoms with Crippen LogP contribution in [0.15, 0.2) is 62.6 Å². The highest BCUT2D eigenvalue weighted by Gasteiger charge is 2.28. The zero-order chi connectivity index (χ0) is 41.3. The first-order chi connectivity index (χ1) is 25.9. The van der Waals surface area contributed by atoms with E-state index in [4.69, 9.17) is 24.9 Å². The number of aromatic nitrogens is 2. The second-order valence-corrected chi connectivity index (χ2v) is 14.2. The molecule has 7 N–H and O–H groups in total. The lowest BCUT2D eigenvalue weighted by atomic mass is 9.90. The van der Waals surface area contributed by atoms with Gasteiger partial charge in [0.15, 0.2) is 18.1 Å². The number of ether oxygens (including phenoxy) is 2. The van der Waals surface area contributed by atoms with Crippen molar-refractivity contribution in [1.82, 2.24) is 4.98 Å². The van der Waals surface area contributed by atoms with E-state index in [1.54, 1.807) is 0 Å². The molecule has 300 valence electrons. The summed E-state index contributed by atoms with van der Waals surface area (Å²) in [5.41, 5.74) is -2.36. The minimum atomic E-state index is -1.33. The summed E-state index contributed by atoms with van der Waals surface area (Å²) in [6, 6.07) is 6.69. The number of hydrogen-bond acceptors (Lipinski definition) is 14. The molecule has 55 heavy (non-hydrogen) atoms. The quantitative estimate of drug-likeness (QED) is 0.0209. The molecule has 0 bridgehead atoms. The maximum atomic E-state index is 12.5. The number of aromatic hydroxyl groups is 1. The Morgan fingerprint density at radius 1 is 0.945 bits per heavy atom. The van der Waals surface area contributed by atoms with E-state index < -0.39 is 34.6 Å². The van der Waals surface area contributed by atoms with E-state index in [-0.39, 0.29) is 65.1 Å². The van der Waals surface area contributed by atoms with E-state index in [1.165, 1.54) is 54.2 Å². The smallest absolute Gasteiger partial charge is 0.341 e. The van der Waals surface area contributed by atoms with Gasteiger partial charge in [-0.05, 0) is 69.7 Å². The molecule has 18 heteroatoms. The van der Waals surface area contributed by atoms with Gasteiger partial charge in [-0.25, -0.2) is 14.8 Å². The van der Waals surface area contributed by atoms with Crippen LogP contribution in [0.1, 0.15) is 80.7 Å². The van der Waals surface area contributed by atoms with E-state index in [1.807, 2.05) is 13.8 Å². The SMILES string of the molecule is CC(C)CC(C)(C#CC(C)(CC(C)C)OCCO)OCCO.Cc1c(N=Nc2ccc(SOOO)cc2C(=O)O)c(O)[nH]c(=O)c1-[n+]1cccc(C(=O)O)c1. The highest BCUT2D eigenvalue weighted by Crippen LogP contribution is 2.33. The number of nitrogens with one attached hydrogen (secondary N) is 1. The molecule has 0 fully saturated rings. The number of aliphatic hydroxyl groups is 2. The first-order valence-electron chi connectivity index (χ1n) is 17.1. The fourth-order valence-electron chi connectivity index (χ4n) is 5.50. The molecule has 0 amide bonds. The van der Waals surface area contributed by atoms with Crippen LogP contribution in [-0.2, 0) is 18.8 Å². The van der Waals surface area contributed by atoms with Crippen LogP contribution in [0.2, 0.25) is 0 Å². The van der Waals surface area contributed by atoms with Crippen molar-refractivity contribution in [3.8, 4) is 23.4 Å². The number of hydrogen-bond donors (Lipinski definition) is 7. The molecule has 1 aromatic carbocycles. The van der Waals surface area contributed by atoms with Gasteiger partial charge in [0.2, 0.25) is 5.88 Å². The molecule has 3 aromatic rings. The predicted molar refractivity (Wildman–Crippen MR) is 200 cm³/mol. The number of pyridine rings is 2. The maximum absolute atomic E-state index is 12.5. The molecule has 0 saturated carbocycles. The van der Waals surface area contributed by atoms with Gasteiger partial charge in [0.05, 0.1) is 49.6 Å². The maximum Gasteiger partial charge on any atom is 0.341 e. The van der Waals surface area contributed by atoms with Gasteiger partial charge in [0.1, 0.15) is 22.5 Å². The summed E-state index contributed by atoms with van der Waals surface area (Å²) in [5, 5.41) is 66.3. The van der Waals surface area contributed by atoms with Crippen LogP contribution < -0.4 is 10.1 Å². The Morgan fingerprint density at radius 3 is 2.02 bits per heavy atom. The predicted octanol–water partition coefficient (Wildman–Crippen LogP) is 5.52. The van der Waals surface area contributed by atoms with Crippen LogP contribution >= 0.6 is 12.0 Å². The Labute approximate surface area is 322 Å². The zero-order valence-electron chi connectivity index (χ0n) is 31.7.